The highest BCUT2D eigenvalue weighted by atomic mass is 16.5. The van der Waals surface area contributed by atoms with Gasteiger partial charge in [-0.05, 0) is 50.3 Å². The van der Waals surface area contributed by atoms with E-state index in [9.17, 15) is 0 Å². The topological polar surface area (TPSA) is 47.7 Å². The van der Waals surface area contributed by atoms with Crippen LogP contribution in [0.3, 0.4) is 0 Å². The second kappa shape index (κ2) is 7.39. The third-order valence-electron chi connectivity index (χ3n) is 3.93. The van der Waals surface area contributed by atoms with E-state index in [0.29, 0.717) is 6.54 Å². The van der Waals surface area contributed by atoms with Crippen LogP contribution in [0.2, 0.25) is 0 Å². The molecule has 0 radical (unpaired) electrons. The van der Waals surface area contributed by atoms with E-state index in [0.717, 1.165) is 43.1 Å². The number of ether oxygens (including phenoxy) is 2. The van der Waals surface area contributed by atoms with Gasteiger partial charge in [0.15, 0.2) is 0 Å². The Morgan fingerprint density at radius 3 is 2.35 bits per heavy atom. The van der Waals surface area contributed by atoms with Crippen molar-refractivity contribution in [1.29, 1.82) is 0 Å². The highest BCUT2D eigenvalue weighted by Gasteiger charge is 2.18. The molecule has 4 nitrogen and oxygen atoms in total. The van der Waals surface area contributed by atoms with Crippen LogP contribution in [0.1, 0.15) is 31.2 Å². The number of nitrogens with zero attached hydrogens (tertiary/aromatic N) is 1. The number of rotatable bonds is 6. The molecule has 0 saturated carbocycles. The Balaban J connectivity index is 2.30. The Morgan fingerprint density at radius 2 is 1.75 bits per heavy atom. The summed E-state index contributed by atoms with van der Waals surface area (Å²) < 4.78 is 11.1. The number of anilines is 1. The highest BCUT2D eigenvalue weighted by molar-refractivity contribution is 5.64. The Labute approximate surface area is 121 Å². The van der Waals surface area contributed by atoms with Crippen molar-refractivity contribution in [3.63, 3.8) is 0 Å². The summed E-state index contributed by atoms with van der Waals surface area (Å²) in [6.07, 6.45) is 5.71. The third-order valence-corrected chi connectivity index (χ3v) is 3.93. The van der Waals surface area contributed by atoms with Crippen LogP contribution >= 0.6 is 0 Å². The number of nitrogens with two attached hydrogens (primary N) is 1. The molecule has 0 atom stereocenters. The first kappa shape index (κ1) is 15.0. The first-order valence-corrected chi connectivity index (χ1v) is 7.50. The van der Waals surface area contributed by atoms with E-state index in [1.165, 1.54) is 24.8 Å². The van der Waals surface area contributed by atoms with E-state index >= 15 is 0 Å². The van der Waals surface area contributed by atoms with Crippen LogP contribution in [-0.4, -0.2) is 33.9 Å². The van der Waals surface area contributed by atoms with Crippen LogP contribution < -0.4 is 20.1 Å². The van der Waals surface area contributed by atoms with Gasteiger partial charge in [-0.3, -0.25) is 0 Å². The normalized spacial score (nSPS) is 15.2. The zero-order valence-electron chi connectivity index (χ0n) is 12.7. The molecule has 112 valence electrons. The summed E-state index contributed by atoms with van der Waals surface area (Å²) in [6.45, 7) is 2.89. The average molecular weight is 278 g/mol. The van der Waals surface area contributed by atoms with E-state index in [1.807, 2.05) is 0 Å². The SMILES string of the molecule is COc1cc(N2CCCCC2)c(OC)cc1CCCN. The van der Waals surface area contributed by atoms with E-state index in [4.69, 9.17) is 15.2 Å². The number of benzene rings is 1. The molecule has 1 aromatic carbocycles. The van der Waals surface area contributed by atoms with Crippen LogP contribution in [0.25, 0.3) is 0 Å². The zero-order valence-corrected chi connectivity index (χ0v) is 12.7. The molecule has 2 N–H and O–H groups in total. The van der Waals surface area contributed by atoms with Crippen molar-refractivity contribution >= 4 is 5.69 Å². The van der Waals surface area contributed by atoms with Gasteiger partial charge in [-0.2, -0.15) is 0 Å². The summed E-state index contributed by atoms with van der Waals surface area (Å²) in [5.74, 6) is 1.89. The van der Waals surface area contributed by atoms with Gasteiger partial charge in [-0.1, -0.05) is 0 Å². The van der Waals surface area contributed by atoms with Crippen LogP contribution in [-0.2, 0) is 6.42 Å². The molecular weight excluding hydrogens is 252 g/mol. The molecule has 0 amide bonds. The third kappa shape index (κ3) is 3.37. The lowest BCUT2D eigenvalue weighted by Crippen LogP contribution is -2.29. The fraction of sp³-hybridized carbons (Fsp3) is 0.625. The standard InChI is InChI=1S/C16H26N2O2/c1-19-15-12-14(18-9-4-3-5-10-18)16(20-2)11-13(15)7-6-8-17/h11-12H,3-10,17H2,1-2H3. The number of hydrogen-bond donors (Lipinski definition) is 1. The molecule has 1 aromatic rings. The van der Waals surface area contributed by atoms with Gasteiger partial charge in [-0.25, -0.2) is 0 Å². The summed E-state index contributed by atoms with van der Waals surface area (Å²) >= 11 is 0. The van der Waals surface area contributed by atoms with Gasteiger partial charge < -0.3 is 20.1 Å². The lowest BCUT2D eigenvalue weighted by atomic mass is 10.0. The maximum absolute atomic E-state index is 5.60. The second-order valence-electron chi connectivity index (χ2n) is 5.28. The molecule has 1 aliphatic heterocycles. The smallest absolute Gasteiger partial charge is 0.142 e. The van der Waals surface area contributed by atoms with Crippen LogP contribution in [0, 0.1) is 0 Å². The Kier molecular flexibility index (Phi) is 5.53. The largest absolute Gasteiger partial charge is 0.496 e. The molecular formula is C16H26N2O2. The van der Waals surface area contributed by atoms with E-state index in [2.05, 4.69) is 17.0 Å². The van der Waals surface area contributed by atoms with E-state index < -0.39 is 0 Å². The van der Waals surface area contributed by atoms with Crippen molar-refractivity contribution in [1.82, 2.24) is 0 Å². The molecule has 20 heavy (non-hydrogen) atoms. The van der Waals surface area contributed by atoms with E-state index in [1.54, 1.807) is 14.2 Å². The van der Waals surface area contributed by atoms with Gasteiger partial charge in [0, 0.05) is 19.2 Å². The van der Waals surface area contributed by atoms with Gasteiger partial charge in [0.2, 0.25) is 0 Å². The summed E-state index contributed by atoms with van der Waals surface area (Å²) in [5, 5.41) is 0. The number of methoxy groups -OCH3 is 2. The van der Waals surface area contributed by atoms with Crippen molar-refractivity contribution in [2.24, 2.45) is 5.73 Å². The monoisotopic (exact) mass is 278 g/mol. The van der Waals surface area contributed by atoms with Crippen molar-refractivity contribution in [2.45, 2.75) is 32.1 Å². The van der Waals surface area contributed by atoms with Gasteiger partial charge in [0.05, 0.1) is 19.9 Å². The lowest BCUT2D eigenvalue weighted by molar-refractivity contribution is 0.397. The maximum Gasteiger partial charge on any atom is 0.142 e. The predicted molar refractivity (Wildman–Crippen MR) is 83.0 cm³/mol. The Morgan fingerprint density at radius 1 is 1.05 bits per heavy atom. The summed E-state index contributed by atoms with van der Waals surface area (Å²) in [5.41, 5.74) is 7.93. The van der Waals surface area contributed by atoms with Crippen LogP contribution in [0.4, 0.5) is 5.69 Å². The average Bonchev–Trinajstić information content (AvgIpc) is 2.52. The molecule has 0 unspecified atom stereocenters. The van der Waals surface area contributed by atoms with Crippen molar-refractivity contribution in [2.75, 3.05) is 38.8 Å². The highest BCUT2D eigenvalue weighted by Crippen LogP contribution is 2.37. The van der Waals surface area contributed by atoms with E-state index in [-0.39, 0.29) is 0 Å². The van der Waals surface area contributed by atoms with Gasteiger partial charge in [-0.15, -0.1) is 0 Å². The molecule has 1 saturated heterocycles. The second-order valence-corrected chi connectivity index (χ2v) is 5.28. The minimum Gasteiger partial charge on any atom is -0.496 e. The fourth-order valence-electron chi connectivity index (χ4n) is 2.81. The van der Waals surface area contributed by atoms with Crippen LogP contribution in [0.5, 0.6) is 11.5 Å². The number of aryl methyl sites for hydroxylation is 1. The first-order valence-electron chi connectivity index (χ1n) is 7.50. The van der Waals surface area contributed by atoms with Gasteiger partial charge in [0.25, 0.3) is 0 Å². The maximum atomic E-state index is 5.60. The molecule has 1 fully saturated rings. The van der Waals surface area contributed by atoms with Crippen molar-refractivity contribution in [3.8, 4) is 11.5 Å². The fourth-order valence-corrected chi connectivity index (χ4v) is 2.81. The Bertz CT molecular complexity index is 429. The first-order chi connectivity index (χ1) is 9.80. The minimum absolute atomic E-state index is 0.694. The molecule has 0 aromatic heterocycles. The molecule has 4 heteroatoms. The van der Waals surface area contributed by atoms with Crippen molar-refractivity contribution < 1.29 is 9.47 Å². The van der Waals surface area contributed by atoms with Crippen LogP contribution in [0.15, 0.2) is 12.1 Å². The quantitative estimate of drug-likeness (QED) is 0.869. The Hall–Kier alpha value is -1.42. The molecule has 0 spiro atoms. The molecule has 0 aliphatic carbocycles. The molecule has 2 rings (SSSR count). The summed E-state index contributed by atoms with van der Waals surface area (Å²) in [4.78, 5) is 2.40. The number of hydrogen-bond acceptors (Lipinski definition) is 4. The summed E-state index contributed by atoms with van der Waals surface area (Å²) in [6, 6.07) is 4.23. The molecule has 1 aliphatic rings. The molecule has 1 heterocycles. The zero-order chi connectivity index (χ0) is 14.4. The number of piperidine rings is 1. The summed E-state index contributed by atoms with van der Waals surface area (Å²) in [7, 11) is 3.47. The molecule has 0 bridgehead atoms. The van der Waals surface area contributed by atoms with Gasteiger partial charge in [0.1, 0.15) is 11.5 Å². The minimum atomic E-state index is 0.694. The van der Waals surface area contributed by atoms with Gasteiger partial charge >= 0.3 is 0 Å². The predicted octanol–water partition coefficient (Wildman–Crippen LogP) is 2.59. The lowest BCUT2D eigenvalue weighted by Gasteiger charge is -2.30. The van der Waals surface area contributed by atoms with Crippen molar-refractivity contribution in [3.05, 3.63) is 17.7 Å².